The molecule has 3 amide bonds. The number of para-hydroxylation sites is 1. The maximum absolute atomic E-state index is 13.5. The number of hydrogen-bond donors (Lipinski definition) is 2. The van der Waals surface area contributed by atoms with Gasteiger partial charge in [-0.3, -0.25) is 14.6 Å². The number of morpholine rings is 1. The van der Waals surface area contributed by atoms with Crippen LogP contribution in [-0.2, 0) is 4.74 Å². The van der Waals surface area contributed by atoms with Crippen molar-refractivity contribution in [2.24, 2.45) is 0 Å². The van der Waals surface area contributed by atoms with E-state index in [-0.39, 0.29) is 25.4 Å². The Bertz CT molecular complexity index is 1540. The summed E-state index contributed by atoms with van der Waals surface area (Å²) >= 11 is 1.29. The molecular weight excluding hydrogens is 546 g/mol. The smallest absolute Gasteiger partial charge is 0.331 e. The number of carbonyl (C=O) groups excluding carboxylic acids is 2. The van der Waals surface area contributed by atoms with Crippen LogP contribution >= 0.6 is 24.8 Å². The van der Waals surface area contributed by atoms with Crippen molar-refractivity contribution in [2.45, 2.75) is 19.9 Å². The van der Waals surface area contributed by atoms with E-state index < -0.39 is 0 Å². The van der Waals surface area contributed by atoms with Gasteiger partial charge in [-0.2, -0.15) is 13.5 Å². The van der Waals surface area contributed by atoms with E-state index >= 15 is 0 Å². The summed E-state index contributed by atoms with van der Waals surface area (Å²) in [6.07, 6.45) is 1.67. The first-order valence-corrected chi connectivity index (χ1v) is 13.8. The Morgan fingerprint density at radius 3 is 2.77 bits per heavy atom. The first-order chi connectivity index (χ1) is 19.0. The molecule has 1 fully saturated rings. The van der Waals surface area contributed by atoms with Gasteiger partial charge in [-0.15, -0.1) is 11.3 Å². The van der Waals surface area contributed by atoms with Crippen LogP contribution in [0.4, 0.5) is 21.9 Å². The van der Waals surface area contributed by atoms with Crippen molar-refractivity contribution in [3.63, 3.8) is 0 Å². The molecule has 2 aromatic heterocycles. The van der Waals surface area contributed by atoms with Crippen LogP contribution in [0.1, 0.15) is 22.2 Å². The van der Waals surface area contributed by atoms with Crippen molar-refractivity contribution in [3.8, 4) is 11.5 Å². The van der Waals surface area contributed by atoms with Gasteiger partial charge in [0.05, 0.1) is 35.7 Å². The van der Waals surface area contributed by atoms with Gasteiger partial charge < -0.3 is 20.1 Å². The molecule has 4 aromatic rings. The highest BCUT2D eigenvalue weighted by molar-refractivity contribution is 7.59. The van der Waals surface area contributed by atoms with Gasteiger partial charge in [0.15, 0.2) is 0 Å². The number of nitrogens with zero attached hydrogens (tertiary/aromatic N) is 3. The number of carbonyl (C=O) groups is 2. The predicted molar refractivity (Wildman–Crippen MR) is 163 cm³/mol. The number of amides is 3. The Balaban J connectivity index is 0.00000323. The van der Waals surface area contributed by atoms with Crippen molar-refractivity contribution in [2.75, 3.05) is 43.1 Å². The molecule has 2 aliphatic rings. The van der Waals surface area contributed by atoms with Crippen LogP contribution in [0.25, 0.3) is 10.2 Å². The molecule has 208 valence electrons. The van der Waals surface area contributed by atoms with E-state index in [1.807, 2.05) is 61.5 Å². The predicted octanol–water partition coefficient (Wildman–Crippen LogP) is 5.64. The Labute approximate surface area is 243 Å². The lowest BCUT2D eigenvalue weighted by Gasteiger charge is -2.33. The molecule has 40 heavy (non-hydrogen) atoms. The molecule has 2 N–H and O–H groups in total. The molecule has 1 saturated heterocycles. The van der Waals surface area contributed by atoms with E-state index in [2.05, 4.69) is 27.4 Å². The van der Waals surface area contributed by atoms with Gasteiger partial charge in [0.1, 0.15) is 21.2 Å². The maximum Gasteiger partial charge on any atom is 0.331 e. The van der Waals surface area contributed by atoms with Gasteiger partial charge in [0, 0.05) is 31.9 Å². The fourth-order valence-electron chi connectivity index (χ4n) is 5.04. The average Bonchev–Trinajstić information content (AvgIpc) is 3.31. The number of anilines is 3. The normalized spacial score (nSPS) is 16.8. The van der Waals surface area contributed by atoms with Gasteiger partial charge >= 0.3 is 6.03 Å². The summed E-state index contributed by atoms with van der Waals surface area (Å²) in [5, 5.41) is 6.75. The molecule has 11 heteroatoms. The number of ether oxygens (including phenoxy) is 2. The zero-order valence-corrected chi connectivity index (χ0v) is 24.1. The third-order valence-corrected chi connectivity index (χ3v) is 8.13. The van der Waals surface area contributed by atoms with E-state index in [1.165, 1.54) is 11.3 Å². The standard InChI is InChI=1S/C29H29N5O4S.H2S/c1-18-16-21(38-20-6-4-3-5-7-20)8-9-22(18)34-23-10-11-31-28-24(23)25(32-29(34)36)26(39-28)27(35)30-12-13-33-14-15-37-17-19(33)2;/h3-11,16,19H,12-15,17H2,1-2H3,(H,30,35)(H,32,36);1H2/t19-;/m0./s1. The number of aryl methyl sites for hydroxylation is 1. The van der Waals surface area contributed by atoms with E-state index in [0.29, 0.717) is 52.6 Å². The molecule has 0 spiro atoms. The van der Waals surface area contributed by atoms with Crippen LogP contribution < -0.4 is 20.3 Å². The zero-order chi connectivity index (χ0) is 26.9. The Morgan fingerprint density at radius 2 is 2.00 bits per heavy atom. The summed E-state index contributed by atoms with van der Waals surface area (Å²) in [5.41, 5.74) is 2.80. The molecule has 2 aromatic carbocycles. The lowest BCUT2D eigenvalue weighted by Crippen LogP contribution is -2.46. The van der Waals surface area contributed by atoms with Crippen molar-refractivity contribution in [1.29, 1.82) is 0 Å². The summed E-state index contributed by atoms with van der Waals surface area (Å²) in [5.74, 6) is 1.21. The summed E-state index contributed by atoms with van der Waals surface area (Å²) in [4.78, 5) is 36.3. The van der Waals surface area contributed by atoms with Gasteiger partial charge in [-0.05, 0) is 55.8 Å². The van der Waals surface area contributed by atoms with Crippen LogP contribution in [-0.4, -0.2) is 60.7 Å². The van der Waals surface area contributed by atoms with Gasteiger partial charge in [-0.25, -0.2) is 9.78 Å². The van der Waals surface area contributed by atoms with Gasteiger partial charge in [0.25, 0.3) is 5.91 Å². The lowest BCUT2D eigenvalue weighted by atomic mass is 10.1. The third kappa shape index (κ3) is 5.37. The van der Waals surface area contributed by atoms with Gasteiger partial charge in [-0.1, -0.05) is 18.2 Å². The largest absolute Gasteiger partial charge is 0.457 e. The van der Waals surface area contributed by atoms with E-state index in [9.17, 15) is 9.59 Å². The monoisotopic (exact) mass is 577 g/mol. The molecule has 0 unspecified atom stereocenters. The Hall–Kier alpha value is -3.64. The molecule has 0 bridgehead atoms. The van der Waals surface area contributed by atoms with Crippen molar-refractivity contribution in [3.05, 3.63) is 71.2 Å². The molecule has 0 saturated carbocycles. The van der Waals surface area contributed by atoms with Crippen molar-refractivity contribution < 1.29 is 19.1 Å². The van der Waals surface area contributed by atoms with E-state index in [4.69, 9.17) is 9.47 Å². The van der Waals surface area contributed by atoms with Crippen LogP contribution in [0, 0.1) is 6.92 Å². The van der Waals surface area contributed by atoms with Crippen LogP contribution in [0.3, 0.4) is 0 Å². The number of benzene rings is 2. The highest BCUT2D eigenvalue weighted by atomic mass is 32.1. The number of urea groups is 1. The first-order valence-electron chi connectivity index (χ1n) is 13.0. The highest BCUT2D eigenvalue weighted by Gasteiger charge is 2.33. The molecule has 6 rings (SSSR count). The lowest BCUT2D eigenvalue weighted by molar-refractivity contribution is 0.000545. The number of pyridine rings is 1. The number of nitrogens with one attached hydrogen (secondary N) is 2. The minimum Gasteiger partial charge on any atom is -0.457 e. The van der Waals surface area contributed by atoms with E-state index in [0.717, 1.165) is 35.5 Å². The molecule has 2 aliphatic heterocycles. The Kier molecular flexibility index (Phi) is 8.27. The molecule has 4 heterocycles. The van der Waals surface area contributed by atoms with Crippen LogP contribution in [0.2, 0.25) is 0 Å². The second kappa shape index (κ2) is 11.8. The van der Waals surface area contributed by atoms with Crippen molar-refractivity contribution >= 4 is 64.0 Å². The topological polar surface area (TPSA) is 96.0 Å². The quantitative estimate of drug-likeness (QED) is 0.295. The molecule has 9 nitrogen and oxygen atoms in total. The summed E-state index contributed by atoms with van der Waals surface area (Å²) in [7, 11) is 0. The third-order valence-electron chi connectivity index (χ3n) is 7.03. The number of thiophene rings is 1. The Morgan fingerprint density at radius 1 is 1.18 bits per heavy atom. The highest BCUT2D eigenvalue weighted by Crippen LogP contribution is 2.46. The number of aromatic nitrogens is 1. The molecule has 1 atom stereocenters. The fourth-order valence-corrected chi connectivity index (χ4v) is 6.07. The second-order valence-electron chi connectivity index (χ2n) is 9.66. The van der Waals surface area contributed by atoms with Crippen molar-refractivity contribution in [1.82, 2.24) is 15.2 Å². The SMILES string of the molecule is Cc1cc(Oc2ccccc2)ccc1N1C(=O)Nc2c(C(=O)NCCN3CCOC[C@@H]3C)sc3nccc1c23.S. The maximum atomic E-state index is 13.5. The van der Waals surface area contributed by atoms with Crippen LogP contribution in [0.5, 0.6) is 11.5 Å². The summed E-state index contributed by atoms with van der Waals surface area (Å²) in [6, 6.07) is 17.0. The van der Waals surface area contributed by atoms with Crippen LogP contribution in [0.15, 0.2) is 60.8 Å². The number of rotatable bonds is 7. The number of hydrogen-bond acceptors (Lipinski definition) is 7. The minimum atomic E-state index is -0.329. The minimum absolute atomic E-state index is 0. The molecular formula is C29H31N5O4S2. The molecule has 0 aliphatic carbocycles. The second-order valence-corrected chi connectivity index (χ2v) is 10.7. The summed E-state index contributed by atoms with van der Waals surface area (Å²) in [6.45, 7) is 7.57. The van der Waals surface area contributed by atoms with Gasteiger partial charge in [0.2, 0.25) is 0 Å². The average molecular weight is 578 g/mol. The first kappa shape index (κ1) is 27.9. The van der Waals surface area contributed by atoms with E-state index in [1.54, 1.807) is 11.1 Å². The molecule has 0 radical (unpaired) electrons. The fraction of sp³-hybridized carbons (Fsp3) is 0.276. The summed E-state index contributed by atoms with van der Waals surface area (Å²) < 4.78 is 11.5. The zero-order valence-electron chi connectivity index (χ0n) is 22.3.